The molecular weight excluding hydrogens is 487 g/mol. The molecule has 1 aromatic heterocycles. The molecule has 4 rings (SSSR count). The lowest BCUT2D eigenvalue weighted by atomic mass is 9.75. The molecule has 0 aliphatic carbocycles. The van der Waals surface area contributed by atoms with Crippen molar-refractivity contribution >= 4 is 34.9 Å². The Balaban J connectivity index is 1.83. The maximum Gasteiger partial charge on any atom is 0.256 e. The third-order valence-electron chi connectivity index (χ3n) is 6.43. The van der Waals surface area contributed by atoms with Gasteiger partial charge in [-0.2, -0.15) is 5.26 Å². The zero-order chi connectivity index (χ0) is 25.2. The molecule has 1 saturated heterocycles. The van der Waals surface area contributed by atoms with Gasteiger partial charge in [-0.25, -0.2) is 4.98 Å². The van der Waals surface area contributed by atoms with Gasteiger partial charge >= 0.3 is 0 Å². The van der Waals surface area contributed by atoms with E-state index >= 15 is 0 Å². The Hall–Kier alpha value is -3.44. The van der Waals surface area contributed by atoms with Gasteiger partial charge in [-0.05, 0) is 35.9 Å². The topological polar surface area (TPSA) is 95.3 Å². The van der Waals surface area contributed by atoms with Gasteiger partial charge in [-0.3, -0.25) is 9.59 Å². The molecule has 2 heterocycles. The third-order valence-corrected chi connectivity index (χ3v) is 7.17. The Labute approximate surface area is 213 Å². The first-order chi connectivity index (χ1) is 16.8. The Morgan fingerprint density at radius 2 is 1.83 bits per heavy atom. The van der Waals surface area contributed by atoms with Gasteiger partial charge in [-0.1, -0.05) is 41.4 Å². The molecule has 35 heavy (non-hydrogen) atoms. The molecule has 178 valence electrons. The predicted octanol–water partition coefficient (Wildman–Crippen LogP) is 4.35. The van der Waals surface area contributed by atoms with Gasteiger partial charge in [0.05, 0.1) is 34.4 Å². The van der Waals surface area contributed by atoms with Crippen LogP contribution in [0.5, 0.6) is 5.88 Å². The molecule has 1 aliphatic heterocycles. The second-order valence-corrected chi connectivity index (χ2v) is 9.07. The number of nitrogens with one attached hydrogen (secondary N) is 1. The van der Waals surface area contributed by atoms with Gasteiger partial charge in [0.15, 0.2) is 5.78 Å². The van der Waals surface area contributed by atoms with E-state index in [1.54, 1.807) is 55.6 Å². The van der Waals surface area contributed by atoms with Crippen LogP contribution in [-0.2, 0) is 0 Å². The number of methoxy groups -OCH3 is 1. The Morgan fingerprint density at radius 3 is 2.43 bits per heavy atom. The fraction of sp³-hybridized carbons (Fsp3) is 0.231. The number of ketones is 1. The van der Waals surface area contributed by atoms with Crippen LogP contribution in [0.1, 0.15) is 37.8 Å². The number of likely N-dealkylation sites (N-methyl/N-ethyl adjacent to an activating group) is 1. The second kappa shape index (κ2) is 10.0. The zero-order valence-electron chi connectivity index (χ0n) is 19.1. The van der Waals surface area contributed by atoms with Gasteiger partial charge in [0.1, 0.15) is 5.54 Å². The second-order valence-electron chi connectivity index (χ2n) is 8.25. The van der Waals surface area contributed by atoms with Crippen molar-refractivity contribution in [2.24, 2.45) is 0 Å². The normalized spacial score (nSPS) is 19.1. The highest BCUT2D eigenvalue weighted by molar-refractivity contribution is 6.42. The maximum absolute atomic E-state index is 14.2. The van der Waals surface area contributed by atoms with Gasteiger partial charge in [0.2, 0.25) is 5.88 Å². The molecule has 2 aromatic carbocycles. The van der Waals surface area contributed by atoms with E-state index in [0.717, 1.165) is 5.56 Å². The van der Waals surface area contributed by atoms with Gasteiger partial charge < -0.3 is 15.0 Å². The summed E-state index contributed by atoms with van der Waals surface area (Å²) in [6.45, 7) is 0.668. The minimum atomic E-state index is -1.28. The minimum Gasteiger partial charge on any atom is -0.481 e. The molecule has 0 bridgehead atoms. The van der Waals surface area contributed by atoms with Crippen LogP contribution in [0.4, 0.5) is 0 Å². The largest absolute Gasteiger partial charge is 0.481 e. The summed E-state index contributed by atoms with van der Waals surface area (Å²) in [4.78, 5) is 33.4. The van der Waals surface area contributed by atoms with Crippen molar-refractivity contribution in [3.63, 3.8) is 0 Å². The first-order valence-electron chi connectivity index (χ1n) is 10.8. The summed E-state index contributed by atoms with van der Waals surface area (Å²) in [5.41, 5.74) is 0.654. The van der Waals surface area contributed by atoms with Crippen LogP contribution in [0.2, 0.25) is 10.0 Å². The van der Waals surface area contributed by atoms with Crippen LogP contribution in [0.15, 0.2) is 60.8 Å². The first-order valence-corrected chi connectivity index (χ1v) is 11.6. The van der Waals surface area contributed by atoms with Crippen molar-refractivity contribution < 1.29 is 14.3 Å². The van der Waals surface area contributed by atoms with Crippen molar-refractivity contribution in [3.8, 4) is 11.9 Å². The van der Waals surface area contributed by atoms with Crippen LogP contribution in [0.25, 0.3) is 0 Å². The number of benzene rings is 2. The highest BCUT2D eigenvalue weighted by Gasteiger charge is 2.54. The van der Waals surface area contributed by atoms with E-state index in [4.69, 9.17) is 33.2 Å². The van der Waals surface area contributed by atoms with Crippen molar-refractivity contribution in [2.75, 3.05) is 27.2 Å². The summed E-state index contributed by atoms with van der Waals surface area (Å²) < 4.78 is 5.09. The molecule has 1 N–H and O–H groups in total. The highest BCUT2D eigenvalue weighted by atomic mass is 35.5. The quantitative estimate of drug-likeness (QED) is 0.497. The number of aromatic nitrogens is 1. The predicted molar refractivity (Wildman–Crippen MR) is 133 cm³/mol. The fourth-order valence-corrected chi connectivity index (χ4v) is 4.82. The number of nitriles is 1. The maximum atomic E-state index is 14.2. The molecule has 0 unspecified atom stereocenters. The number of halogens is 2. The summed E-state index contributed by atoms with van der Waals surface area (Å²) in [6.07, 6.45) is 1.42. The smallest absolute Gasteiger partial charge is 0.256 e. The van der Waals surface area contributed by atoms with Crippen LogP contribution in [0.3, 0.4) is 0 Å². The van der Waals surface area contributed by atoms with Crippen LogP contribution >= 0.6 is 23.2 Å². The molecule has 0 saturated carbocycles. The number of carbonyl (C=O) groups excluding carboxylic acids is 2. The van der Waals surface area contributed by atoms with Crippen LogP contribution in [0, 0.1) is 11.3 Å². The lowest BCUT2D eigenvalue weighted by Gasteiger charge is -2.41. The fourth-order valence-electron chi connectivity index (χ4n) is 4.51. The van der Waals surface area contributed by atoms with Gasteiger partial charge in [0, 0.05) is 43.9 Å². The molecule has 1 amide bonds. The highest BCUT2D eigenvalue weighted by Crippen LogP contribution is 2.41. The van der Waals surface area contributed by atoms with Gasteiger partial charge in [0.25, 0.3) is 5.91 Å². The number of amides is 1. The first kappa shape index (κ1) is 24.7. The standard InChI is InChI=1S/C26H22Cl2N4O3/c1-32(25(34)19-8-10-23(35-2)31-13-19)26(24(33)17-5-3-16(12-29)4-6-17)15-30-14-20(26)18-7-9-21(27)22(28)11-18/h3-11,13,20,30H,14-15H2,1-2H3/t20-,26+/m0/s1. The number of hydrogen-bond donors (Lipinski definition) is 1. The number of pyridine rings is 1. The van der Waals surface area contributed by atoms with E-state index in [2.05, 4.69) is 16.4 Å². The molecule has 2 atom stereocenters. The van der Waals surface area contributed by atoms with E-state index in [1.807, 2.05) is 6.07 Å². The molecule has 1 aliphatic rings. The van der Waals surface area contributed by atoms with E-state index in [-0.39, 0.29) is 18.2 Å². The van der Waals surface area contributed by atoms with E-state index in [1.165, 1.54) is 18.2 Å². The van der Waals surface area contributed by atoms with E-state index in [9.17, 15) is 9.59 Å². The monoisotopic (exact) mass is 508 g/mol. The van der Waals surface area contributed by atoms with Crippen molar-refractivity contribution in [1.82, 2.24) is 15.2 Å². The molecular formula is C26H22Cl2N4O3. The molecule has 7 nitrogen and oxygen atoms in total. The number of carbonyl (C=O) groups is 2. The van der Waals surface area contributed by atoms with Crippen LogP contribution in [-0.4, -0.2) is 54.4 Å². The Kier molecular flexibility index (Phi) is 7.08. The molecule has 1 fully saturated rings. The van der Waals surface area contributed by atoms with Crippen molar-refractivity contribution in [2.45, 2.75) is 11.5 Å². The summed E-state index contributed by atoms with van der Waals surface area (Å²) in [7, 11) is 3.11. The number of Topliss-reactive ketones (excluding diaryl/α,β-unsaturated/α-hetero) is 1. The summed E-state index contributed by atoms with van der Waals surface area (Å²) >= 11 is 12.5. The average molecular weight is 509 g/mol. The SMILES string of the molecule is COc1ccc(C(=O)N(C)[C@]2(C(=O)c3ccc(C#N)cc3)CNC[C@H]2c2ccc(Cl)c(Cl)c2)cn1. The third kappa shape index (κ3) is 4.48. The summed E-state index contributed by atoms with van der Waals surface area (Å²) in [5, 5.41) is 13.2. The number of nitrogens with zero attached hydrogens (tertiary/aromatic N) is 3. The molecule has 0 radical (unpaired) electrons. The van der Waals surface area contributed by atoms with Gasteiger partial charge in [-0.15, -0.1) is 0 Å². The Morgan fingerprint density at radius 1 is 1.11 bits per heavy atom. The average Bonchev–Trinajstić information content (AvgIpc) is 3.35. The lowest BCUT2D eigenvalue weighted by molar-refractivity contribution is 0.0477. The molecule has 0 spiro atoms. The Bertz CT molecular complexity index is 1310. The molecule has 3 aromatic rings. The van der Waals surface area contributed by atoms with Crippen molar-refractivity contribution in [1.29, 1.82) is 5.26 Å². The van der Waals surface area contributed by atoms with Crippen molar-refractivity contribution in [3.05, 3.63) is 93.1 Å². The van der Waals surface area contributed by atoms with E-state index in [0.29, 0.717) is 39.2 Å². The molecule has 9 heteroatoms. The lowest BCUT2D eigenvalue weighted by Crippen LogP contribution is -2.59. The summed E-state index contributed by atoms with van der Waals surface area (Å²) in [5.74, 6) is -0.652. The van der Waals surface area contributed by atoms with E-state index < -0.39 is 11.5 Å². The number of hydrogen-bond acceptors (Lipinski definition) is 6. The van der Waals surface area contributed by atoms with Crippen LogP contribution < -0.4 is 10.1 Å². The summed E-state index contributed by atoms with van der Waals surface area (Å²) in [6, 6.07) is 16.9. The zero-order valence-corrected chi connectivity index (χ0v) is 20.6. The number of rotatable bonds is 6. The number of ether oxygens (including phenoxy) is 1. The minimum absolute atomic E-state index is 0.225.